The fourth-order valence-electron chi connectivity index (χ4n) is 2.47. The smallest absolute Gasteiger partial charge is 0.317 e. The van der Waals surface area contributed by atoms with Crippen LogP contribution in [-0.2, 0) is 0 Å². The van der Waals surface area contributed by atoms with Crippen molar-refractivity contribution in [2.24, 2.45) is 5.92 Å². The maximum absolute atomic E-state index is 12.1. The van der Waals surface area contributed by atoms with Gasteiger partial charge in [0.25, 0.3) is 0 Å². The molecule has 22 heavy (non-hydrogen) atoms. The SMILES string of the molecule is CC(C)CCNC(=O)N1CCN(c2cc(Cl)cc(Cl)c2)CC1. The Morgan fingerprint density at radius 2 is 1.73 bits per heavy atom. The van der Waals surface area contributed by atoms with Gasteiger partial charge in [0.2, 0.25) is 0 Å². The van der Waals surface area contributed by atoms with Gasteiger partial charge in [0.05, 0.1) is 0 Å². The molecule has 0 atom stereocenters. The zero-order valence-electron chi connectivity index (χ0n) is 13.1. The second kappa shape index (κ2) is 7.93. The molecule has 1 aromatic carbocycles. The zero-order valence-corrected chi connectivity index (χ0v) is 14.6. The number of urea groups is 1. The van der Waals surface area contributed by atoms with Gasteiger partial charge in [-0.1, -0.05) is 37.0 Å². The van der Waals surface area contributed by atoms with Crippen molar-refractivity contribution in [3.8, 4) is 0 Å². The molecule has 1 N–H and O–H groups in total. The van der Waals surface area contributed by atoms with Crippen LogP contribution >= 0.6 is 23.2 Å². The van der Waals surface area contributed by atoms with Crippen molar-refractivity contribution in [1.29, 1.82) is 0 Å². The molecule has 1 saturated heterocycles. The quantitative estimate of drug-likeness (QED) is 0.900. The number of amides is 2. The highest BCUT2D eigenvalue weighted by atomic mass is 35.5. The van der Waals surface area contributed by atoms with Crippen LogP contribution in [0.25, 0.3) is 0 Å². The Balaban J connectivity index is 1.83. The van der Waals surface area contributed by atoms with Crippen molar-refractivity contribution in [3.63, 3.8) is 0 Å². The lowest BCUT2D eigenvalue weighted by molar-refractivity contribution is 0.194. The topological polar surface area (TPSA) is 35.6 Å². The van der Waals surface area contributed by atoms with Crippen LogP contribution in [0.15, 0.2) is 18.2 Å². The first-order valence-corrected chi connectivity index (χ1v) is 8.45. The molecule has 1 heterocycles. The van der Waals surface area contributed by atoms with Crippen LogP contribution in [0.4, 0.5) is 10.5 Å². The summed E-state index contributed by atoms with van der Waals surface area (Å²) in [5.41, 5.74) is 1.01. The Morgan fingerprint density at radius 3 is 2.27 bits per heavy atom. The van der Waals surface area contributed by atoms with E-state index in [1.807, 2.05) is 17.0 Å². The number of hydrogen-bond donors (Lipinski definition) is 1. The summed E-state index contributed by atoms with van der Waals surface area (Å²) in [5, 5.41) is 4.25. The van der Waals surface area contributed by atoms with Gasteiger partial charge >= 0.3 is 6.03 Å². The van der Waals surface area contributed by atoms with E-state index in [2.05, 4.69) is 24.1 Å². The molecule has 122 valence electrons. The lowest BCUT2D eigenvalue weighted by Gasteiger charge is -2.36. The molecule has 2 rings (SSSR count). The van der Waals surface area contributed by atoms with Crippen LogP contribution in [-0.4, -0.2) is 43.7 Å². The molecule has 1 aliphatic rings. The molecule has 4 nitrogen and oxygen atoms in total. The summed E-state index contributed by atoms with van der Waals surface area (Å²) < 4.78 is 0. The standard InChI is InChI=1S/C16H23Cl2N3O/c1-12(2)3-4-19-16(22)21-7-5-20(6-8-21)15-10-13(17)9-14(18)11-15/h9-12H,3-8H2,1-2H3,(H,19,22). The Labute approximate surface area is 142 Å². The Morgan fingerprint density at radius 1 is 1.14 bits per heavy atom. The van der Waals surface area contributed by atoms with Gasteiger partial charge in [-0.15, -0.1) is 0 Å². The van der Waals surface area contributed by atoms with E-state index in [9.17, 15) is 4.79 Å². The van der Waals surface area contributed by atoms with Crippen molar-refractivity contribution in [3.05, 3.63) is 28.2 Å². The van der Waals surface area contributed by atoms with Crippen LogP contribution in [0.1, 0.15) is 20.3 Å². The van der Waals surface area contributed by atoms with Gasteiger partial charge < -0.3 is 15.1 Å². The number of anilines is 1. The van der Waals surface area contributed by atoms with Crippen molar-refractivity contribution >= 4 is 34.9 Å². The number of halogens is 2. The summed E-state index contributed by atoms with van der Waals surface area (Å²) in [4.78, 5) is 16.2. The third-order valence-corrected chi connectivity index (χ3v) is 4.21. The number of hydrogen-bond acceptors (Lipinski definition) is 2. The maximum atomic E-state index is 12.1. The molecule has 0 spiro atoms. The zero-order chi connectivity index (χ0) is 16.1. The van der Waals surface area contributed by atoms with E-state index in [4.69, 9.17) is 23.2 Å². The van der Waals surface area contributed by atoms with E-state index in [-0.39, 0.29) is 6.03 Å². The highest BCUT2D eigenvalue weighted by Crippen LogP contribution is 2.26. The molecule has 0 unspecified atom stereocenters. The van der Waals surface area contributed by atoms with E-state index in [0.29, 0.717) is 29.1 Å². The second-order valence-corrected chi connectivity index (χ2v) is 6.89. The minimum Gasteiger partial charge on any atom is -0.368 e. The molecule has 0 aliphatic carbocycles. The molecule has 0 bridgehead atoms. The molecule has 0 saturated carbocycles. The Bertz CT molecular complexity index is 494. The van der Waals surface area contributed by atoms with E-state index in [0.717, 1.165) is 31.7 Å². The van der Waals surface area contributed by atoms with Crippen LogP contribution in [0.5, 0.6) is 0 Å². The van der Waals surface area contributed by atoms with E-state index < -0.39 is 0 Å². The monoisotopic (exact) mass is 343 g/mol. The van der Waals surface area contributed by atoms with Gasteiger partial charge in [-0.05, 0) is 30.5 Å². The molecular weight excluding hydrogens is 321 g/mol. The Hall–Kier alpha value is -1.13. The summed E-state index contributed by atoms with van der Waals surface area (Å²) >= 11 is 12.1. The number of benzene rings is 1. The number of rotatable bonds is 4. The van der Waals surface area contributed by atoms with E-state index >= 15 is 0 Å². The molecule has 1 fully saturated rings. The van der Waals surface area contributed by atoms with Crippen molar-refractivity contribution < 1.29 is 4.79 Å². The number of carbonyl (C=O) groups excluding carboxylic acids is 1. The molecular formula is C16H23Cl2N3O. The highest BCUT2D eigenvalue weighted by Gasteiger charge is 2.21. The average Bonchev–Trinajstić information content (AvgIpc) is 2.46. The molecule has 1 aliphatic heterocycles. The minimum absolute atomic E-state index is 0.0319. The summed E-state index contributed by atoms with van der Waals surface area (Å²) in [6.07, 6.45) is 1.01. The predicted molar refractivity (Wildman–Crippen MR) is 93.1 cm³/mol. The average molecular weight is 344 g/mol. The van der Waals surface area contributed by atoms with Crippen LogP contribution in [0.3, 0.4) is 0 Å². The lowest BCUT2D eigenvalue weighted by Crippen LogP contribution is -2.52. The molecule has 6 heteroatoms. The van der Waals surface area contributed by atoms with Crippen molar-refractivity contribution in [2.45, 2.75) is 20.3 Å². The molecule has 0 aromatic heterocycles. The van der Waals surface area contributed by atoms with Gasteiger partial charge in [0, 0.05) is 48.5 Å². The first-order valence-electron chi connectivity index (χ1n) is 7.69. The third-order valence-electron chi connectivity index (χ3n) is 3.78. The van der Waals surface area contributed by atoms with E-state index in [1.165, 1.54) is 0 Å². The number of nitrogens with one attached hydrogen (secondary N) is 1. The first-order chi connectivity index (χ1) is 10.5. The number of nitrogens with zero attached hydrogens (tertiary/aromatic N) is 2. The summed E-state index contributed by atoms with van der Waals surface area (Å²) in [7, 11) is 0. The summed E-state index contributed by atoms with van der Waals surface area (Å²) in [5.74, 6) is 0.602. The fourth-order valence-corrected chi connectivity index (χ4v) is 2.98. The number of piperazine rings is 1. The minimum atomic E-state index is 0.0319. The summed E-state index contributed by atoms with van der Waals surface area (Å²) in [6, 6.07) is 5.58. The summed E-state index contributed by atoms with van der Waals surface area (Å²) in [6.45, 7) is 8.03. The second-order valence-electron chi connectivity index (χ2n) is 6.02. The molecule has 0 radical (unpaired) electrons. The molecule has 1 aromatic rings. The largest absolute Gasteiger partial charge is 0.368 e. The van der Waals surface area contributed by atoms with Crippen LogP contribution < -0.4 is 10.2 Å². The van der Waals surface area contributed by atoms with Crippen LogP contribution in [0.2, 0.25) is 10.0 Å². The van der Waals surface area contributed by atoms with Crippen LogP contribution in [0, 0.1) is 5.92 Å². The van der Waals surface area contributed by atoms with Crippen molar-refractivity contribution in [1.82, 2.24) is 10.2 Å². The van der Waals surface area contributed by atoms with Gasteiger partial charge in [0.15, 0.2) is 0 Å². The number of carbonyl (C=O) groups is 1. The Kier molecular flexibility index (Phi) is 6.21. The maximum Gasteiger partial charge on any atom is 0.317 e. The van der Waals surface area contributed by atoms with Gasteiger partial charge in [-0.3, -0.25) is 0 Å². The molecule has 2 amide bonds. The first kappa shape index (κ1) is 17.2. The van der Waals surface area contributed by atoms with Crippen molar-refractivity contribution in [2.75, 3.05) is 37.6 Å². The lowest BCUT2D eigenvalue weighted by atomic mass is 10.1. The van der Waals surface area contributed by atoms with E-state index in [1.54, 1.807) is 6.07 Å². The fraction of sp³-hybridized carbons (Fsp3) is 0.562. The predicted octanol–water partition coefficient (Wildman–Crippen LogP) is 3.87. The highest BCUT2D eigenvalue weighted by molar-refractivity contribution is 6.35. The van der Waals surface area contributed by atoms with Gasteiger partial charge in [0.1, 0.15) is 0 Å². The van der Waals surface area contributed by atoms with Gasteiger partial charge in [-0.2, -0.15) is 0 Å². The van der Waals surface area contributed by atoms with Gasteiger partial charge in [-0.25, -0.2) is 4.79 Å². The third kappa shape index (κ3) is 4.96. The normalized spacial score (nSPS) is 15.3.